The molecule has 0 aliphatic carbocycles. The third kappa shape index (κ3) is 32.9. The van der Waals surface area contributed by atoms with Crippen LogP contribution in [-0.4, -0.2) is 80.6 Å². The minimum Gasteiger partial charge on any atom is -0.477 e. The number of quaternary nitrogens is 1. The van der Waals surface area contributed by atoms with Crippen LogP contribution in [0.4, 0.5) is 0 Å². The summed E-state index contributed by atoms with van der Waals surface area (Å²) in [4.78, 5) is 36.8. The van der Waals surface area contributed by atoms with Crippen LogP contribution in [0.2, 0.25) is 0 Å². The monoisotopic (exact) mass is 731 g/mol. The third-order valence-electron chi connectivity index (χ3n) is 8.73. The predicted octanol–water partition coefficient (Wildman–Crippen LogP) is 10.6. The molecule has 0 fully saturated rings. The van der Waals surface area contributed by atoms with Gasteiger partial charge < -0.3 is 23.8 Å². The fourth-order valence-corrected chi connectivity index (χ4v) is 5.55. The Bertz CT molecular complexity index is 1040. The lowest BCUT2D eigenvalue weighted by Crippen LogP contribution is -2.50. The first kappa shape index (κ1) is 49.0. The van der Waals surface area contributed by atoms with Gasteiger partial charge in [0.15, 0.2) is 12.1 Å². The average molecular weight is 731 g/mol. The van der Waals surface area contributed by atoms with Crippen LogP contribution in [-0.2, 0) is 28.6 Å². The number of unbranched alkanes of at least 4 members (excludes halogenated alkanes) is 13. The second-order valence-corrected chi connectivity index (χ2v) is 14.6. The van der Waals surface area contributed by atoms with Gasteiger partial charge in [0.25, 0.3) is 0 Å². The lowest BCUT2D eigenvalue weighted by molar-refractivity contribution is -0.887. The Morgan fingerprint density at radius 2 is 1.19 bits per heavy atom. The summed E-state index contributed by atoms with van der Waals surface area (Å²) in [7, 11) is 5.49. The first-order valence-electron chi connectivity index (χ1n) is 20.4. The molecule has 0 aliphatic heterocycles. The highest BCUT2D eigenvalue weighted by molar-refractivity contribution is 5.72. The zero-order valence-electron chi connectivity index (χ0n) is 33.7. The van der Waals surface area contributed by atoms with E-state index in [0.717, 1.165) is 51.4 Å². The average Bonchev–Trinajstić information content (AvgIpc) is 3.09. The molecule has 52 heavy (non-hydrogen) atoms. The van der Waals surface area contributed by atoms with E-state index in [1.807, 2.05) is 27.2 Å². The van der Waals surface area contributed by atoms with E-state index in [-0.39, 0.29) is 42.7 Å². The minimum absolute atomic E-state index is 0.0366. The standard InChI is InChI=1S/C44H75NO7/c1-6-8-10-12-14-16-18-20-21-23-25-27-29-31-33-35-43(47)52-40(38-50-37-36-41(44(48)49)45(3,4)5)39-51-42(46)34-32-30-28-26-24-22-19-17-15-13-11-9-7-2/h8,10,12,14,16,18,22,24,28,30,40-41H,6-7,9,11,13,15,17,19-21,23,25-27,29,31-39H2,1-5H3/p+1/b10-8+,14-12+,18-16+,24-22+,30-28+. The zero-order valence-corrected chi connectivity index (χ0v) is 33.7. The molecule has 0 aromatic rings. The molecule has 8 nitrogen and oxygen atoms in total. The van der Waals surface area contributed by atoms with Crippen LogP contribution in [0.3, 0.4) is 0 Å². The molecule has 0 saturated heterocycles. The van der Waals surface area contributed by atoms with Crippen molar-refractivity contribution in [1.82, 2.24) is 0 Å². The van der Waals surface area contributed by atoms with E-state index in [4.69, 9.17) is 14.2 Å². The second-order valence-electron chi connectivity index (χ2n) is 14.6. The lowest BCUT2D eigenvalue weighted by atomic mass is 10.1. The van der Waals surface area contributed by atoms with Crippen molar-refractivity contribution in [2.75, 3.05) is 41.0 Å². The Hall–Kier alpha value is -2.97. The largest absolute Gasteiger partial charge is 0.477 e. The van der Waals surface area contributed by atoms with E-state index < -0.39 is 18.1 Å². The Labute approximate surface area is 318 Å². The number of hydrogen-bond donors (Lipinski definition) is 1. The molecule has 0 radical (unpaired) electrons. The maximum Gasteiger partial charge on any atom is 0.362 e. The van der Waals surface area contributed by atoms with E-state index in [0.29, 0.717) is 19.3 Å². The highest BCUT2D eigenvalue weighted by atomic mass is 16.6. The number of carbonyl (C=O) groups is 3. The summed E-state index contributed by atoms with van der Waals surface area (Å²) in [6, 6.07) is -0.625. The van der Waals surface area contributed by atoms with Gasteiger partial charge in [-0.2, -0.15) is 0 Å². The number of carboxylic acid groups (broad SMARTS) is 1. The van der Waals surface area contributed by atoms with Crippen molar-refractivity contribution in [1.29, 1.82) is 0 Å². The molecule has 0 spiro atoms. The van der Waals surface area contributed by atoms with Crippen molar-refractivity contribution in [2.24, 2.45) is 0 Å². The molecule has 0 aromatic carbocycles. The summed E-state index contributed by atoms with van der Waals surface area (Å²) in [6.07, 6.45) is 41.3. The van der Waals surface area contributed by atoms with Crippen LogP contribution in [0, 0.1) is 0 Å². The molecular weight excluding hydrogens is 654 g/mol. The van der Waals surface area contributed by atoms with Crippen LogP contribution >= 0.6 is 0 Å². The highest BCUT2D eigenvalue weighted by Gasteiger charge is 2.31. The van der Waals surface area contributed by atoms with Crippen LogP contribution < -0.4 is 0 Å². The Morgan fingerprint density at radius 3 is 1.81 bits per heavy atom. The van der Waals surface area contributed by atoms with Crippen LogP contribution in [0.15, 0.2) is 60.8 Å². The molecule has 0 aliphatic rings. The summed E-state index contributed by atoms with van der Waals surface area (Å²) < 4.78 is 17.1. The van der Waals surface area contributed by atoms with Gasteiger partial charge in [0.2, 0.25) is 0 Å². The molecule has 1 N–H and O–H groups in total. The Kier molecular flexibility index (Phi) is 33.1. The van der Waals surface area contributed by atoms with E-state index in [2.05, 4.69) is 68.5 Å². The van der Waals surface area contributed by atoms with E-state index in [9.17, 15) is 19.5 Å². The maximum absolute atomic E-state index is 12.7. The van der Waals surface area contributed by atoms with Crippen LogP contribution in [0.1, 0.15) is 149 Å². The van der Waals surface area contributed by atoms with Gasteiger partial charge in [0, 0.05) is 19.3 Å². The van der Waals surface area contributed by atoms with Gasteiger partial charge in [0.05, 0.1) is 34.4 Å². The number of carbonyl (C=O) groups excluding carboxylic acids is 2. The third-order valence-corrected chi connectivity index (χ3v) is 8.73. The molecule has 0 bridgehead atoms. The Morgan fingerprint density at radius 1 is 0.615 bits per heavy atom. The number of nitrogens with zero attached hydrogens (tertiary/aromatic N) is 1. The molecule has 2 atom stereocenters. The van der Waals surface area contributed by atoms with E-state index in [1.54, 1.807) is 0 Å². The molecule has 0 heterocycles. The van der Waals surface area contributed by atoms with Crippen molar-refractivity contribution >= 4 is 17.9 Å². The molecule has 2 unspecified atom stereocenters. The summed E-state index contributed by atoms with van der Waals surface area (Å²) in [5, 5.41) is 9.59. The van der Waals surface area contributed by atoms with Gasteiger partial charge >= 0.3 is 17.9 Å². The summed E-state index contributed by atoms with van der Waals surface area (Å²) in [5.41, 5.74) is 0. The minimum atomic E-state index is -0.886. The van der Waals surface area contributed by atoms with Crippen LogP contribution in [0.5, 0.6) is 0 Å². The number of carboxylic acids is 1. The number of aliphatic carboxylic acids is 1. The van der Waals surface area contributed by atoms with Gasteiger partial charge in [-0.15, -0.1) is 0 Å². The Balaban J connectivity index is 4.49. The molecule has 0 rings (SSSR count). The quantitative estimate of drug-likeness (QED) is 0.0228. The van der Waals surface area contributed by atoms with Gasteiger partial charge in [-0.1, -0.05) is 139 Å². The summed E-state index contributed by atoms with van der Waals surface area (Å²) in [5.74, 6) is -1.58. The first-order chi connectivity index (χ1) is 25.1. The summed E-state index contributed by atoms with van der Waals surface area (Å²) in [6.45, 7) is 4.50. The predicted molar refractivity (Wildman–Crippen MR) is 215 cm³/mol. The van der Waals surface area contributed by atoms with Gasteiger partial charge in [-0.05, 0) is 51.4 Å². The normalized spacial score (nSPS) is 13.6. The van der Waals surface area contributed by atoms with Gasteiger partial charge in [0.1, 0.15) is 6.61 Å². The summed E-state index contributed by atoms with van der Waals surface area (Å²) >= 11 is 0. The number of allylic oxidation sites excluding steroid dienone is 10. The number of ether oxygens (including phenoxy) is 3. The fraction of sp³-hybridized carbons (Fsp3) is 0.705. The first-order valence-corrected chi connectivity index (χ1v) is 20.4. The van der Waals surface area contributed by atoms with Crippen molar-refractivity contribution in [3.8, 4) is 0 Å². The molecule has 0 saturated carbocycles. The maximum atomic E-state index is 12.7. The fourth-order valence-electron chi connectivity index (χ4n) is 5.55. The molecular formula is C44H76NO7+. The van der Waals surface area contributed by atoms with Crippen LogP contribution in [0.25, 0.3) is 0 Å². The lowest BCUT2D eigenvalue weighted by Gasteiger charge is -2.31. The van der Waals surface area contributed by atoms with Crippen molar-refractivity contribution in [3.63, 3.8) is 0 Å². The SMILES string of the molecule is CC/C=C/C=C/C=C/CCCCCCCCCC(=O)OC(COCCC(C(=O)O)[N+](C)(C)C)COC(=O)CC/C=C/C/C=C/CCCCCCCC. The topological polar surface area (TPSA) is 99.1 Å². The number of rotatable bonds is 35. The van der Waals surface area contributed by atoms with E-state index in [1.165, 1.54) is 57.8 Å². The van der Waals surface area contributed by atoms with Crippen molar-refractivity contribution in [2.45, 2.75) is 161 Å². The van der Waals surface area contributed by atoms with Gasteiger partial charge in [-0.3, -0.25) is 9.59 Å². The molecule has 0 amide bonds. The number of hydrogen-bond acceptors (Lipinski definition) is 6. The molecule has 0 aromatic heterocycles. The van der Waals surface area contributed by atoms with Gasteiger partial charge in [-0.25, -0.2) is 4.79 Å². The van der Waals surface area contributed by atoms with E-state index >= 15 is 0 Å². The van der Waals surface area contributed by atoms with Crippen molar-refractivity contribution < 1.29 is 38.2 Å². The smallest absolute Gasteiger partial charge is 0.362 e. The molecule has 8 heteroatoms. The van der Waals surface area contributed by atoms with Crippen molar-refractivity contribution in [3.05, 3.63) is 60.8 Å². The number of esters is 2. The molecule has 298 valence electrons. The zero-order chi connectivity index (χ0) is 38.5. The highest BCUT2D eigenvalue weighted by Crippen LogP contribution is 2.13. The number of likely N-dealkylation sites (N-methyl/N-ethyl adjacent to an activating group) is 1. The second kappa shape index (κ2) is 35.1.